The van der Waals surface area contributed by atoms with Gasteiger partial charge >= 0.3 is 30.8 Å². The largest absolute Gasteiger partial charge is 1.00 e. The number of carboxylic acid groups (broad SMARTS) is 1. The van der Waals surface area contributed by atoms with Crippen molar-refractivity contribution in [2.45, 2.75) is 99.2 Å². The van der Waals surface area contributed by atoms with Crippen molar-refractivity contribution in [1.29, 1.82) is 0 Å². The van der Waals surface area contributed by atoms with Crippen molar-refractivity contribution >= 4 is 23.8 Å². The molecule has 2 amide bonds. The van der Waals surface area contributed by atoms with Crippen molar-refractivity contribution in [3.05, 3.63) is 44.5 Å². The third-order valence-electron chi connectivity index (χ3n) is 12.3. The van der Waals surface area contributed by atoms with Crippen LogP contribution in [-0.2, 0) is 36.8 Å². The van der Waals surface area contributed by atoms with Gasteiger partial charge in [-0.25, -0.2) is 0 Å². The fourth-order valence-electron chi connectivity index (χ4n) is 8.26. The van der Waals surface area contributed by atoms with Gasteiger partial charge in [-0.1, -0.05) is 0 Å². The van der Waals surface area contributed by atoms with Gasteiger partial charge in [0.1, 0.15) is 23.0 Å². The van der Waals surface area contributed by atoms with Gasteiger partial charge in [-0.15, -0.1) is 0 Å². The maximum Gasteiger partial charge on any atom is 1.00 e. The number of carbonyl (C=O) groups excluding carboxylic acids is 3. The number of aliphatic carboxylic acids is 1. The zero-order valence-electron chi connectivity index (χ0n) is 36.0. The summed E-state index contributed by atoms with van der Waals surface area (Å²) in [5.74, 6) is 0.939. The van der Waals surface area contributed by atoms with Crippen LogP contribution in [0.3, 0.4) is 0 Å². The maximum absolute atomic E-state index is 13.3. The van der Waals surface area contributed by atoms with Gasteiger partial charge in [0.25, 0.3) is 11.8 Å². The Morgan fingerprint density at radius 2 is 0.983 bits per heavy atom. The fourth-order valence-corrected chi connectivity index (χ4v) is 8.26. The molecule has 0 spiro atoms. The van der Waals surface area contributed by atoms with E-state index < -0.39 is 17.2 Å². The molecule has 4 aliphatic heterocycles. The SMILES string of the molecule is CCOC(=O)CN1CCN(C(=O)C2(C)CCc3c(C)c(O)c(C)c(C)c3O2)CC1.Cc1c(C)c2c(c(C)c1O)CCC(C)(C(=O)N1CCN(CC(=O)O)CC1)O2.[Li+].[OH-]. The Labute approximate surface area is 354 Å². The molecule has 2 unspecified atom stereocenters. The number of ether oxygens (including phenoxy) is 3. The van der Waals surface area contributed by atoms with Gasteiger partial charge in [-0.3, -0.25) is 29.0 Å². The summed E-state index contributed by atoms with van der Waals surface area (Å²) >= 11 is 0. The molecular formula is C42H61LiN4O11. The molecule has 316 valence electrons. The van der Waals surface area contributed by atoms with Crippen LogP contribution in [-0.4, -0.2) is 147 Å². The van der Waals surface area contributed by atoms with Crippen molar-refractivity contribution in [1.82, 2.24) is 19.6 Å². The molecule has 2 saturated heterocycles. The second-order valence-corrected chi connectivity index (χ2v) is 16.1. The van der Waals surface area contributed by atoms with E-state index in [2.05, 4.69) is 0 Å². The topological polar surface area (TPSA) is 200 Å². The van der Waals surface area contributed by atoms with Gasteiger partial charge in [0.05, 0.1) is 19.7 Å². The molecule has 6 rings (SSSR count). The van der Waals surface area contributed by atoms with Crippen LogP contribution in [0.5, 0.6) is 23.0 Å². The van der Waals surface area contributed by atoms with Crippen LogP contribution < -0.4 is 28.3 Å². The molecule has 0 bridgehead atoms. The van der Waals surface area contributed by atoms with Gasteiger partial charge < -0.3 is 44.8 Å². The minimum atomic E-state index is -0.942. The molecule has 15 nitrogen and oxygen atoms in total. The first-order chi connectivity index (χ1) is 26.3. The minimum absolute atomic E-state index is 0. The van der Waals surface area contributed by atoms with Crippen LogP contribution >= 0.6 is 0 Å². The number of rotatable bonds is 7. The number of carboxylic acids is 1. The number of carbonyl (C=O) groups is 4. The number of benzene rings is 2. The predicted molar refractivity (Wildman–Crippen MR) is 212 cm³/mol. The quantitative estimate of drug-likeness (QED) is 0.260. The molecule has 0 radical (unpaired) electrons. The first-order valence-corrected chi connectivity index (χ1v) is 19.7. The Hall–Kier alpha value is -4.00. The smallest absolute Gasteiger partial charge is 0.870 e. The van der Waals surface area contributed by atoms with Crippen LogP contribution in [0.4, 0.5) is 0 Å². The number of hydrogen-bond acceptors (Lipinski definition) is 12. The Bertz CT molecular complexity index is 1870. The van der Waals surface area contributed by atoms with E-state index in [-0.39, 0.29) is 55.2 Å². The number of aromatic hydroxyl groups is 2. The maximum atomic E-state index is 13.3. The number of fused-ring (bicyclic) bond motifs is 2. The van der Waals surface area contributed by atoms with Gasteiger partial charge in [-0.2, -0.15) is 0 Å². The number of amides is 2. The van der Waals surface area contributed by atoms with Crippen molar-refractivity contribution in [3.8, 4) is 23.0 Å². The summed E-state index contributed by atoms with van der Waals surface area (Å²) in [4.78, 5) is 56.5. The van der Waals surface area contributed by atoms with Gasteiger partial charge in [-0.05, 0) is 109 Å². The van der Waals surface area contributed by atoms with E-state index in [1.165, 1.54) is 0 Å². The Kier molecular flexibility index (Phi) is 16.2. The van der Waals surface area contributed by atoms with Gasteiger partial charge in [0.15, 0.2) is 11.2 Å². The van der Waals surface area contributed by atoms with E-state index in [0.29, 0.717) is 96.1 Å². The predicted octanol–water partition coefficient (Wildman–Crippen LogP) is 0.566. The minimum Gasteiger partial charge on any atom is -0.870 e. The normalized spacial score (nSPS) is 21.7. The molecule has 4 N–H and O–H groups in total. The third-order valence-corrected chi connectivity index (χ3v) is 12.3. The summed E-state index contributed by atoms with van der Waals surface area (Å²) in [6.45, 7) is 22.0. The summed E-state index contributed by atoms with van der Waals surface area (Å²) in [6.07, 6.45) is 2.50. The number of piperazine rings is 2. The molecule has 0 aliphatic carbocycles. The summed E-state index contributed by atoms with van der Waals surface area (Å²) in [5, 5.41) is 29.5. The summed E-state index contributed by atoms with van der Waals surface area (Å²) in [7, 11) is 0. The number of phenols is 2. The molecule has 0 saturated carbocycles. The molecule has 2 atom stereocenters. The average molecular weight is 805 g/mol. The standard InChI is InChI=1S/C22H32N2O5.C20H28N2O5.Li.H2O/c1-6-28-18(25)13-23-9-11-24(12-10-23)21(27)22(5)8-7-17-16(4)19(26)14(2)15(3)20(17)29-22;1-12-13(2)18-15(14(3)17(12)25)5-6-20(4,27-18)19(26)22-9-7-21(8-10-22)11-16(23)24;;/h26H,6-13H2,1-5H3;25H,5-11H2,1-4H3,(H,23,24);;1H2/q;;+1;/p-1. The van der Waals surface area contributed by atoms with Crippen LogP contribution in [0.1, 0.15) is 78.1 Å². The van der Waals surface area contributed by atoms with E-state index in [9.17, 15) is 29.4 Å². The third kappa shape index (κ3) is 9.88. The molecule has 2 aromatic rings. The van der Waals surface area contributed by atoms with Crippen molar-refractivity contribution in [2.75, 3.05) is 72.1 Å². The molecule has 16 heteroatoms. The van der Waals surface area contributed by atoms with Crippen LogP contribution in [0, 0.1) is 41.5 Å². The van der Waals surface area contributed by atoms with E-state index in [1.807, 2.05) is 70.1 Å². The molecule has 4 aliphatic rings. The second kappa shape index (κ2) is 19.4. The summed E-state index contributed by atoms with van der Waals surface area (Å²) in [6, 6.07) is 0. The van der Waals surface area contributed by atoms with Gasteiger partial charge in [0.2, 0.25) is 0 Å². The number of hydrogen-bond donors (Lipinski definition) is 3. The molecule has 0 aromatic heterocycles. The number of esters is 1. The zero-order valence-corrected chi connectivity index (χ0v) is 36.0. The molecule has 2 aromatic carbocycles. The monoisotopic (exact) mass is 804 g/mol. The summed E-state index contributed by atoms with van der Waals surface area (Å²) < 4.78 is 17.6. The Morgan fingerprint density at radius 1 is 0.621 bits per heavy atom. The molecular weight excluding hydrogens is 743 g/mol. The van der Waals surface area contributed by atoms with Gasteiger partial charge in [0, 0.05) is 76.3 Å². The number of phenolic OH excluding ortho intramolecular Hbond substituents is 2. The van der Waals surface area contributed by atoms with Crippen molar-refractivity contribution < 1.29 is 73.0 Å². The van der Waals surface area contributed by atoms with Crippen molar-refractivity contribution in [3.63, 3.8) is 0 Å². The van der Waals surface area contributed by atoms with Crippen LogP contribution in [0.15, 0.2) is 0 Å². The number of nitrogens with zero attached hydrogens (tertiary/aromatic N) is 4. The summed E-state index contributed by atoms with van der Waals surface area (Å²) in [5.41, 5.74) is 5.12. The van der Waals surface area contributed by atoms with E-state index >= 15 is 0 Å². The van der Waals surface area contributed by atoms with Crippen LogP contribution in [0.2, 0.25) is 0 Å². The van der Waals surface area contributed by atoms with Crippen LogP contribution in [0.25, 0.3) is 0 Å². The first-order valence-electron chi connectivity index (χ1n) is 19.7. The second-order valence-electron chi connectivity index (χ2n) is 16.1. The Balaban J connectivity index is 0.000000301. The molecule has 4 heterocycles. The molecule has 2 fully saturated rings. The molecule has 58 heavy (non-hydrogen) atoms. The Morgan fingerprint density at radius 3 is 1.33 bits per heavy atom. The zero-order chi connectivity index (χ0) is 41.3. The van der Waals surface area contributed by atoms with E-state index in [0.717, 1.165) is 56.0 Å². The first kappa shape index (κ1) is 48.4. The van der Waals surface area contributed by atoms with E-state index in [4.69, 9.17) is 19.3 Å². The van der Waals surface area contributed by atoms with E-state index in [1.54, 1.807) is 11.8 Å². The average Bonchev–Trinajstić information content (AvgIpc) is 3.17. The van der Waals surface area contributed by atoms with Crippen molar-refractivity contribution in [2.24, 2.45) is 0 Å². The fraction of sp³-hybridized carbons (Fsp3) is 0.619.